The Balaban J connectivity index is 1.34. The lowest BCUT2D eigenvalue weighted by molar-refractivity contribution is 1.07. The van der Waals surface area contributed by atoms with Crippen LogP contribution in [0.5, 0.6) is 0 Å². The van der Waals surface area contributed by atoms with Gasteiger partial charge in [-0.05, 0) is 53.4 Å². The van der Waals surface area contributed by atoms with Crippen LogP contribution in [0, 0.1) is 11.3 Å². The molecule has 5 aromatic carbocycles. The summed E-state index contributed by atoms with van der Waals surface area (Å²) in [5, 5.41) is 10.6. The first-order valence-electron chi connectivity index (χ1n) is 14.0. The van der Waals surface area contributed by atoms with Crippen LogP contribution in [0.15, 0.2) is 133 Å². The van der Waals surface area contributed by atoms with Gasteiger partial charge in [0.25, 0.3) is 0 Å². The zero-order chi connectivity index (χ0) is 28.8. The fourth-order valence-electron chi connectivity index (χ4n) is 5.60. The SMILES string of the molecule is N#Cc1cccc(-c2nc(-c3ccccc3)nc(-c3cccc(-c4cc5ccccc5n5c4nc4ccccc45)c3)n2)c1. The minimum Gasteiger partial charge on any atom is -0.292 e. The van der Waals surface area contributed by atoms with Crippen LogP contribution in [-0.2, 0) is 0 Å². The Morgan fingerprint density at radius 2 is 1.09 bits per heavy atom. The summed E-state index contributed by atoms with van der Waals surface area (Å²) in [6.45, 7) is 0. The lowest BCUT2D eigenvalue weighted by atomic mass is 10.0. The lowest BCUT2D eigenvalue weighted by Gasteiger charge is -2.11. The lowest BCUT2D eigenvalue weighted by Crippen LogP contribution is -2.00. The third kappa shape index (κ3) is 4.28. The fraction of sp³-hybridized carbons (Fsp3) is 0. The predicted molar refractivity (Wildman–Crippen MR) is 170 cm³/mol. The van der Waals surface area contributed by atoms with Crippen LogP contribution in [0.2, 0.25) is 0 Å². The molecule has 0 amide bonds. The van der Waals surface area contributed by atoms with Crippen molar-refractivity contribution in [1.29, 1.82) is 5.26 Å². The highest BCUT2D eigenvalue weighted by Gasteiger charge is 2.16. The minimum atomic E-state index is 0.513. The number of nitriles is 1. The zero-order valence-electron chi connectivity index (χ0n) is 22.9. The number of nitrogens with zero attached hydrogens (tertiary/aromatic N) is 6. The molecule has 0 bridgehead atoms. The molecule has 0 aliphatic carbocycles. The maximum atomic E-state index is 9.49. The topological polar surface area (TPSA) is 79.8 Å². The van der Waals surface area contributed by atoms with E-state index in [0.29, 0.717) is 23.0 Å². The molecule has 0 atom stereocenters. The summed E-state index contributed by atoms with van der Waals surface area (Å²) in [4.78, 5) is 19.7. The van der Waals surface area contributed by atoms with Crippen molar-refractivity contribution in [3.8, 4) is 51.4 Å². The maximum Gasteiger partial charge on any atom is 0.164 e. The Morgan fingerprint density at radius 1 is 0.488 bits per heavy atom. The molecule has 3 aromatic heterocycles. The number of rotatable bonds is 4. The molecule has 0 aliphatic rings. The zero-order valence-corrected chi connectivity index (χ0v) is 22.9. The molecule has 0 unspecified atom stereocenters. The van der Waals surface area contributed by atoms with Crippen LogP contribution in [0.3, 0.4) is 0 Å². The molecule has 0 saturated carbocycles. The third-order valence-electron chi connectivity index (χ3n) is 7.63. The normalized spacial score (nSPS) is 11.2. The number of para-hydroxylation sites is 3. The van der Waals surface area contributed by atoms with Gasteiger partial charge in [-0.25, -0.2) is 19.9 Å². The Labute approximate surface area is 247 Å². The minimum absolute atomic E-state index is 0.513. The van der Waals surface area contributed by atoms with E-state index in [1.807, 2.05) is 66.7 Å². The van der Waals surface area contributed by atoms with E-state index in [1.165, 1.54) is 0 Å². The van der Waals surface area contributed by atoms with Crippen LogP contribution in [-0.4, -0.2) is 24.3 Å². The summed E-state index contributed by atoms with van der Waals surface area (Å²) in [6, 6.07) is 46.5. The van der Waals surface area contributed by atoms with Gasteiger partial charge in [0.15, 0.2) is 17.5 Å². The highest BCUT2D eigenvalue weighted by Crippen LogP contribution is 2.34. The van der Waals surface area contributed by atoms with Gasteiger partial charge in [-0.2, -0.15) is 5.26 Å². The van der Waals surface area contributed by atoms with Gasteiger partial charge in [-0.1, -0.05) is 91.0 Å². The van der Waals surface area contributed by atoms with Crippen molar-refractivity contribution in [3.05, 3.63) is 139 Å². The molecule has 8 aromatic rings. The van der Waals surface area contributed by atoms with Gasteiger partial charge >= 0.3 is 0 Å². The summed E-state index contributed by atoms with van der Waals surface area (Å²) in [6.07, 6.45) is 0. The summed E-state index contributed by atoms with van der Waals surface area (Å²) >= 11 is 0. The largest absolute Gasteiger partial charge is 0.292 e. The fourth-order valence-corrected chi connectivity index (χ4v) is 5.60. The Hall–Kier alpha value is -6.19. The highest BCUT2D eigenvalue weighted by molar-refractivity contribution is 5.98. The number of imidazole rings is 1. The van der Waals surface area contributed by atoms with Crippen molar-refractivity contribution in [1.82, 2.24) is 24.3 Å². The van der Waals surface area contributed by atoms with Crippen molar-refractivity contribution in [3.63, 3.8) is 0 Å². The summed E-state index contributed by atoms with van der Waals surface area (Å²) in [5.74, 6) is 1.64. The first-order chi connectivity index (χ1) is 21.2. The first-order valence-corrected chi connectivity index (χ1v) is 14.0. The molecule has 3 heterocycles. The molecule has 0 spiro atoms. The van der Waals surface area contributed by atoms with E-state index < -0.39 is 0 Å². The van der Waals surface area contributed by atoms with Crippen molar-refractivity contribution < 1.29 is 0 Å². The van der Waals surface area contributed by atoms with Crippen molar-refractivity contribution in [2.75, 3.05) is 0 Å². The van der Waals surface area contributed by atoms with Gasteiger partial charge in [0.2, 0.25) is 0 Å². The van der Waals surface area contributed by atoms with Gasteiger partial charge in [-0.3, -0.25) is 4.40 Å². The molecule has 0 N–H and O–H groups in total. The number of hydrogen-bond acceptors (Lipinski definition) is 5. The number of pyridine rings is 1. The van der Waals surface area contributed by atoms with Crippen molar-refractivity contribution in [2.45, 2.75) is 0 Å². The Morgan fingerprint density at radius 3 is 1.88 bits per heavy atom. The van der Waals surface area contributed by atoms with Crippen molar-refractivity contribution in [2.24, 2.45) is 0 Å². The van der Waals surface area contributed by atoms with E-state index in [0.717, 1.165) is 55.4 Å². The van der Waals surface area contributed by atoms with E-state index in [9.17, 15) is 5.26 Å². The summed E-state index contributed by atoms with van der Waals surface area (Å²) < 4.78 is 2.24. The van der Waals surface area contributed by atoms with E-state index in [-0.39, 0.29) is 0 Å². The van der Waals surface area contributed by atoms with Gasteiger partial charge in [0.1, 0.15) is 5.65 Å². The Kier molecular flexibility index (Phi) is 5.73. The van der Waals surface area contributed by atoms with Crippen LogP contribution in [0.4, 0.5) is 0 Å². The van der Waals surface area contributed by atoms with E-state index in [1.54, 1.807) is 12.1 Å². The van der Waals surface area contributed by atoms with E-state index in [2.05, 4.69) is 65.1 Å². The van der Waals surface area contributed by atoms with Gasteiger partial charge in [-0.15, -0.1) is 0 Å². The summed E-state index contributed by atoms with van der Waals surface area (Å²) in [5.41, 5.74) is 9.12. The molecule has 0 aliphatic heterocycles. The second-order valence-electron chi connectivity index (χ2n) is 10.3. The average Bonchev–Trinajstić information content (AvgIpc) is 3.48. The number of fused-ring (bicyclic) bond motifs is 5. The first kappa shape index (κ1) is 24.6. The number of benzene rings is 5. The number of aromatic nitrogens is 5. The highest BCUT2D eigenvalue weighted by atomic mass is 15.0. The standard InChI is InChI=1S/C37H22N6/c38-23-24-10-8-15-28(20-24)35-40-34(25-11-2-1-3-12-25)41-36(42-35)29-16-9-14-26(21-29)30-22-27-13-4-6-18-32(27)43-33-19-7-5-17-31(33)39-37(30)43/h1-22H. The molecular formula is C37H22N6. The van der Waals surface area contributed by atoms with Crippen LogP contribution in [0.25, 0.3) is 72.9 Å². The van der Waals surface area contributed by atoms with Crippen LogP contribution >= 0.6 is 0 Å². The molecule has 6 nitrogen and oxygen atoms in total. The van der Waals surface area contributed by atoms with E-state index in [4.69, 9.17) is 19.9 Å². The molecule has 8 rings (SSSR count). The number of hydrogen-bond donors (Lipinski definition) is 0. The molecule has 0 saturated heterocycles. The third-order valence-corrected chi connectivity index (χ3v) is 7.63. The monoisotopic (exact) mass is 550 g/mol. The van der Waals surface area contributed by atoms with Gasteiger partial charge in [0.05, 0.1) is 28.2 Å². The second-order valence-corrected chi connectivity index (χ2v) is 10.3. The van der Waals surface area contributed by atoms with Gasteiger partial charge in [0, 0.05) is 22.3 Å². The molecule has 43 heavy (non-hydrogen) atoms. The van der Waals surface area contributed by atoms with Crippen molar-refractivity contribution >= 4 is 27.6 Å². The molecule has 0 radical (unpaired) electrons. The molecule has 0 fully saturated rings. The van der Waals surface area contributed by atoms with Crippen LogP contribution < -0.4 is 0 Å². The molecule has 200 valence electrons. The van der Waals surface area contributed by atoms with E-state index >= 15 is 0 Å². The van der Waals surface area contributed by atoms with Crippen LogP contribution in [0.1, 0.15) is 5.56 Å². The maximum absolute atomic E-state index is 9.49. The molecular weight excluding hydrogens is 528 g/mol. The second kappa shape index (κ2) is 10.0. The quantitative estimate of drug-likeness (QED) is 0.220. The summed E-state index contributed by atoms with van der Waals surface area (Å²) in [7, 11) is 0. The predicted octanol–water partition coefficient (Wildman–Crippen LogP) is 8.37. The average molecular weight is 551 g/mol. The smallest absolute Gasteiger partial charge is 0.164 e. The van der Waals surface area contributed by atoms with Gasteiger partial charge < -0.3 is 0 Å². The molecule has 6 heteroatoms. The Bertz CT molecular complexity index is 2370.